The highest BCUT2D eigenvalue weighted by Gasteiger charge is 2.27. The van der Waals surface area contributed by atoms with Crippen molar-refractivity contribution in [2.45, 2.75) is 43.4 Å². The van der Waals surface area contributed by atoms with E-state index in [0.717, 1.165) is 59.9 Å². The van der Waals surface area contributed by atoms with Gasteiger partial charge in [0.25, 0.3) is 10.0 Å². The van der Waals surface area contributed by atoms with E-state index in [0.29, 0.717) is 24.5 Å². The van der Waals surface area contributed by atoms with Gasteiger partial charge in [0.1, 0.15) is 17.4 Å². The van der Waals surface area contributed by atoms with Crippen LogP contribution in [0.2, 0.25) is 5.02 Å². The molecule has 1 aliphatic heterocycles. The van der Waals surface area contributed by atoms with Gasteiger partial charge in [0.2, 0.25) is 0 Å². The minimum Gasteiger partial charge on any atom is -0.493 e. The summed E-state index contributed by atoms with van der Waals surface area (Å²) in [5.74, 6) is -0.780. The van der Waals surface area contributed by atoms with Gasteiger partial charge in [-0.25, -0.2) is 17.2 Å². The Morgan fingerprint density at radius 3 is 2.42 bits per heavy atom. The van der Waals surface area contributed by atoms with Gasteiger partial charge in [-0.3, -0.25) is 4.31 Å². The first-order valence-electron chi connectivity index (χ1n) is 13.0. The predicted molar refractivity (Wildman–Crippen MR) is 148 cm³/mol. The Kier molecular flexibility index (Phi) is 9.99. The van der Waals surface area contributed by atoms with E-state index in [-0.39, 0.29) is 17.1 Å². The van der Waals surface area contributed by atoms with Gasteiger partial charge < -0.3 is 9.64 Å². The number of halogens is 3. The molecule has 0 unspecified atom stereocenters. The largest absolute Gasteiger partial charge is 0.493 e. The maximum atomic E-state index is 14.7. The highest BCUT2D eigenvalue weighted by Crippen LogP contribution is 2.29. The van der Waals surface area contributed by atoms with Gasteiger partial charge in [-0.05, 0) is 93.2 Å². The van der Waals surface area contributed by atoms with E-state index in [4.69, 9.17) is 16.3 Å². The molecule has 1 heterocycles. The minimum absolute atomic E-state index is 0.0470. The molecule has 38 heavy (non-hydrogen) atoms. The molecule has 0 saturated carbocycles. The fraction of sp³-hybridized carbons (Fsp3) is 0.379. The molecule has 0 aliphatic carbocycles. The van der Waals surface area contributed by atoms with Crippen molar-refractivity contribution < 1.29 is 21.9 Å². The number of piperidine rings is 1. The molecule has 0 atom stereocenters. The molecule has 1 aliphatic rings. The molecule has 3 aromatic carbocycles. The third kappa shape index (κ3) is 7.46. The molecular formula is C29H33ClF2N2O3S. The number of rotatable bonds is 12. The average molecular weight is 563 g/mol. The van der Waals surface area contributed by atoms with Crippen LogP contribution in [0.1, 0.15) is 37.7 Å². The van der Waals surface area contributed by atoms with Crippen LogP contribution in [0.3, 0.4) is 0 Å². The minimum atomic E-state index is -4.17. The van der Waals surface area contributed by atoms with Crippen LogP contribution < -0.4 is 9.04 Å². The molecule has 4 rings (SSSR count). The molecule has 0 spiro atoms. The van der Waals surface area contributed by atoms with Crippen molar-refractivity contribution in [1.29, 1.82) is 0 Å². The van der Waals surface area contributed by atoms with Gasteiger partial charge in [0.05, 0.1) is 17.2 Å². The van der Waals surface area contributed by atoms with Crippen LogP contribution in [0.25, 0.3) is 0 Å². The summed E-state index contributed by atoms with van der Waals surface area (Å²) in [7, 11) is -4.17. The number of ether oxygens (including phenoxy) is 1. The Morgan fingerprint density at radius 2 is 1.66 bits per heavy atom. The lowest BCUT2D eigenvalue weighted by Gasteiger charge is -2.26. The summed E-state index contributed by atoms with van der Waals surface area (Å²) in [4.78, 5) is 2.42. The molecule has 1 saturated heterocycles. The van der Waals surface area contributed by atoms with E-state index in [9.17, 15) is 17.2 Å². The first-order valence-corrected chi connectivity index (χ1v) is 14.8. The van der Waals surface area contributed by atoms with Crippen LogP contribution in [0.15, 0.2) is 71.6 Å². The lowest BCUT2D eigenvalue weighted by atomic mass is 10.1. The summed E-state index contributed by atoms with van der Waals surface area (Å²) in [5.41, 5.74) is 0.608. The Hall–Kier alpha value is -2.68. The summed E-state index contributed by atoms with van der Waals surface area (Å²) >= 11 is 5.92. The van der Waals surface area contributed by atoms with Crippen LogP contribution in [-0.2, 0) is 16.4 Å². The SMILES string of the molecule is O=S(=O)(c1ccc(Cl)cc1)N(CCCc1ccccc1OCCCN1CCCCC1)c1cc(F)ccc1F. The zero-order valence-corrected chi connectivity index (χ0v) is 22.9. The number of benzene rings is 3. The molecule has 1 fully saturated rings. The molecule has 0 aromatic heterocycles. The summed E-state index contributed by atoms with van der Waals surface area (Å²) in [6, 6.07) is 16.1. The first kappa shape index (κ1) is 28.3. The second kappa shape index (κ2) is 13.4. The second-order valence-electron chi connectivity index (χ2n) is 9.44. The predicted octanol–water partition coefficient (Wildman–Crippen LogP) is 6.70. The molecule has 0 radical (unpaired) electrons. The number of hydrogen-bond donors (Lipinski definition) is 0. The van der Waals surface area contributed by atoms with E-state index in [2.05, 4.69) is 4.90 Å². The van der Waals surface area contributed by atoms with Crippen molar-refractivity contribution in [2.75, 3.05) is 37.1 Å². The summed E-state index contributed by atoms with van der Waals surface area (Å²) < 4.78 is 62.7. The number of nitrogens with zero attached hydrogens (tertiary/aromatic N) is 2. The number of anilines is 1. The quantitative estimate of drug-likeness (QED) is 0.230. The number of sulfonamides is 1. The van der Waals surface area contributed by atoms with Crippen LogP contribution >= 0.6 is 11.6 Å². The standard InChI is InChI=1S/C29H33ClF2N2O3S/c30-24-11-14-26(15-12-24)38(35,36)34(28-22-25(31)13-16-27(28)32)20-6-9-23-8-2-3-10-29(23)37-21-7-19-33-17-4-1-5-18-33/h2-3,8,10-16,22H,1,4-7,9,17-21H2. The zero-order valence-electron chi connectivity index (χ0n) is 21.3. The number of aryl methyl sites for hydroxylation is 1. The van der Waals surface area contributed by atoms with Crippen molar-refractivity contribution in [2.24, 2.45) is 0 Å². The van der Waals surface area contributed by atoms with Crippen LogP contribution in [0.4, 0.5) is 14.5 Å². The number of para-hydroxylation sites is 1. The smallest absolute Gasteiger partial charge is 0.264 e. The van der Waals surface area contributed by atoms with E-state index in [1.807, 2.05) is 24.3 Å². The number of likely N-dealkylation sites (tertiary alicyclic amines) is 1. The van der Waals surface area contributed by atoms with Gasteiger partial charge in [-0.1, -0.05) is 36.2 Å². The van der Waals surface area contributed by atoms with Gasteiger partial charge >= 0.3 is 0 Å². The summed E-state index contributed by atoms with van der Waals surface area (Å²) in [6.07, 6.45) is 5.63. The zero-order chi connectivity index (χ0) is 27.0. The van der Waals surface area contributed by atoms with E-state index in [1.54, 1.807) is 0 Å². The fourth-order valence-electron chi connectivity index (χ4n) is 4.70. The van der Waals surface area contributed by atoms with Crippen LogP contribution in [0.5, 0.6) is 5.75 Å². The molecule has 0 N–H and O–H groups in total. The molecule has 0 amide bonds. The third-order valence-corrected chi connectivity index (χ3v) is 8.76. The average Bonchev–Trinajstić information content (AvgIpc) is 2.92. The van der Waals surface area contributed by atoms with Gasteiger partial charge in [-0.15, -0.1) is 0 Å². The van der Waals surface area contributed by atoms with Crippen molar-refractivity contribution in [3.63, 3.8) is 0 Å². The Balaban J connectivity index is 1.44. The van der Waals surface area contributed by atoms with Gasteiger partial charge in [0, 0.05) is 24.2 Å². The summed E-state index contributed by atoms with van der Waals surface area (Å²) in [5, 5.41) is 0.375. The molecule has 9 heteroatoms. The topological polar surface area (TPSA) is 49.9 Å². The van der Waals surface area contributed by atoms with Crippen LogP contribution in [0, 0.1) is 11.6 Å². The molecule has 3 aromatic rings. The molecule has 5 nitrogen and oxygen atoms in total. The molecule has 204 valence electrons. The van der Waals surface area contributed by atoms with Crippen LogP contribution in [-0.4, -0.2) is 46.1 Å². The lowest BCUT2D eigenvalue weighted by Crippen LogP contribution is -2.33. The number of hydrogen-bond acceptors (Lipinski definition) is 4. The Labute approximate surface area is 229 Å². The third-order valence-electron chi connectivity index (χ3n) is 6.68. The normalized spacial score (nSPS) is 14.4. The summed E-state index contributed by atoms with van der Waals surface area (Å²) in [6.45, 7) is 3.86. The van der Waals surface area contributed by atoms with E-state index < -0.39 is 21.7 Å². The fourth-order valence-corrected chi connectivity index (χ4v) is 6.33. The maximum absolute atomic E-state index is 14.7. The monoisotopic (exact) mass is 562 g/mol. The van der Waals surface area contributed by atoms with Crippen molar-refractivity contribution >= 4 is 27.3 Å². The molecule has 0 bridgehead atoms. The van der Waals surface area contributed by atoms with E-state index in [1.165, 1.54) is 43.5 Å². The van der Waals surface area contributed by atoms with Crippen molar-refractivity contribution in [3.05, 3.63) is 89.0 Å². The van der Waals surface area contributed by atoms with E-state index >= 15 is 0 Å². The Morgan fingerprint density at radius 1 is 0.921 bits per heavy atom. The maximum Gasteiger partial charge on any atom is 0.264 e. The van der Waals surface area contributed by atoms with Gasteiger partial charge in [-0.2, -0.15) is 0 Å². The highest BCUT2D eigenvalue weighted by atomic mass is 35.5. The highest BCUT2D eigenvalue weighted by molar-refractivity contribution is 7.92. The molecular weight excluding hydrogens is 530 g/mol. The van der Waals surface area contributed by atoms with Crippen molar-refractivity contribution in [1.82, 2.24) is 4.90 Å². The lowest BCUT2D eigenvalue weighted by molar-refractivity contribution is 0.204. The van der Waals surface area contributed by atoms with Crippen molar-refractivity contribution in [3.8, 4) is 5.75 Å². The Bertz CT molecular complexity index is 1300. The second-order valence-corrected chi connectivity index (χ2v) is 11.7. The first-order chi connectivity index (χ1) is 18.3. The van der Waals surface area contributed by atoms with Gasteiger partial charge in [0.15, 0.2) is 0 Å².